The number of hydrogen-bond donors (Lipinski definition) is 2. The molecule has 25 heavy (non-hydrogen) atoms. The zero-order valence-electron chi connectivity index (χ0n) is 15.4. The molecular weight excluding hydrogens is 318 g/mol. The maximum absolute atomic E-state index is 5.33. The van der Waals surface area contributed by atoms with E-state index in [9.17, 15) is 0 Å². The minimum atomic E-state index is 0.635. The van der Waals surface area contributed by atoms with Gasteiger partial charge in [-0.25, -0.2) is 4.98 Å². The van der Waals surface area contributed by atoms with Crippen molar-refractivity contribution >= 4 is 11.8 Å². The molecule has 1 heterocycles. The van der Waals surface area contributed by atoms with Gasteiger partial charge in [-0.3, -0.25) is 0 Å². The Morgan fingerprint density at radius 3 is 2.56 bits per heavy atom. The molecule has 0 radical (unpaired) electrons. The predicted octanol–water partition coefficient (Wildman–Crippen LogP) is 2.47. The molecule has 7 heteroatoms. The number of ether oxygens (including phenoxy) is 2. The number of anilines is 2. The normalized spacial score (nSPS) is 10.6. The molecule has 1 aromatic carbocycles. The van der Waals surface area contributed by atoms with Gasteiger partial charge >= 0.3 is 0 Å². The molecule has 7 nitrogen and oxygen atoms in total. The second-order valence-corrected chi connectivity index (χ2v) is 5.89. The van der Waals surface area contributed by atoms with Gasteiger partial charge in [0.15, 0.2) is 11.5 Å². The summed E-state index contributed by atoms with van der Waals surface area (Å²) < 4.78 is 10.6. The molecule has 0 fully saturated rings. The first-order valence-electron chi connectivity index (χ1n) is 8.29. The van der Waals surface area contributed by atoms with Gasteiger partial charge in [-0.05, 0) is 50.8 Å². The molecule has 2 aromatic rings. The van der Waals surface area contributed by atoms with Gasteiger partial charge in [0.2, 0.25) is 5.95 Å². The first kappa shape index (κ1) is 18.8. The van der Waals surface area contributed by atoms with Crippen molar-refractivity contribution in [2.75, 3.05) is 52.0 Å². The van der Waals surface area contributed by atoms with Crippen molar-refractivity contribution < 1.29 is 9.47 Å². The summed E-state index contributed by atoms with van der Waals surface area (Å²) in [4.78, 5) is 10.9. The van der Waals surface area contributed by atoms with E-state index in [4.69, 9.17) is 9.47 Å². The number of methoxy groups -OCH3 is 2. The number of benzene rings is 1. The standard InChI is InChI=1S/C18H27N5O2/c1-23(2)11-5-9-19-18-20-10-8-17(22-18)21-13-14-6-7-15(24-3)16(12-14)25-4/h6-8,10,12H,5,9,11,13H2,1-4H3,(H2,19,20,21,22). The van der Waals surface area contributed by atoms with E-state index in [0.717, 1.165) is 36.6 Å². The van der Waals surface area contributed by atoms with Crippen molar-refractivity contribution in [3.05, 3.63) is 36.0 Å². The van der Waals surface area contributed by atoms with Gasteiger partial charge in [0, 0.05) is 19.3 Å². The molecule has 0 amide bonds. The van der Waals surface area contributed by atoms with E-state index in [2.05, 4.69) is 39.6 Å². The molecule has 0 aliphatic carbocycles. The van der Waals surface area contributed by atoms with Crippen molar-refractivity contribution in [3.8, 4) is 11.5 Å². The lowest BCUT2D eigenvalue weighted by Gasteiger charge is -2.12. The summed E-state index contributed by atoms with van der Waals surface area (Å²) >= 11 is 0. The number of nitrogens with one attached hydrogen (secondary N) is 2. The maximum Gasteiger partial charge on any atom is 0.224 e. The van der Waals surface area contributed by atoms with Crippen LogP contribution < -0.4 is 20.1 Å². The third kappa shape index (κ3) is 6.11. The van der Waals surface area contributed by atoms with E-state index in [1.54, 1.807) is 20.4 Å². The van der Waals surface area contributed by atoms with E-state index in [0.29, 0.717) is 18.2 Å². The van der Waals surface area contributed by atoms with E-state index in [1.165, 1.54) is 0 Å². The SMILES string of the molecule is COc1ccc(CNc2ccnc(NCCCN(C)C)n2)cc1OC. The molecule has 136 valence electrons. The largest absolute Gasteiger partial charge is 0.493 e. The van der Waals surface area contributed by atoms with Crippen molar-refractivity contribution in [1.82, 2.24) is 14.9 Å². The molecule has 0 unspecified atom stereocenters. The Kier molecular flexibility index (Phi) is 7.28. The Bertz CT molecular complexity index is 664. The Hall–Kier alpha value is -2.54. The van der Waals surface area contributed by atoms with Crippen LogP contribution >= 0.6 is 0 Å². The van der Waals surface area contributed by atoms with Crippen LogP contribution in [0.2, 0.25) is 0 Å². The van der Waals surface area contributed by atoms with E-state index < -0.39 is 0 Å². The Balaban J connectivity index is 1.89. The molecule has 1 aromatic heterocycles. The summed E-state index contributed by atoms with van der Waals surface area (Å²) in [5, 5.41) is 6.55. The molecule has 0 saturated heterocycles. The maximum atomic E-state index is 5.33. The summed E-state index contributed by atoms with van der Waals surface area (Å²) in [7, 11) is 7.39. The summed E-state index contributed by atoms with van der Waals surface area (Å²) in [5.74, 6) is 2.85. The smallest absolute Gasteiger partial charge is 0.224 e. The highest BCUT2D eigenvalue weighted by Gasteiger charge is 2.05. The van der Waals surface area contributed by atoms with E-state index in [-0.39, 0.29) is 0 Å². The second kappa shape index (κ2) is 9.68. The Morgan fingerprint density at radius 2 is 1.84 bits per heavy atom. The molecule has 0 aliphatic rings. The summed E-state index contributed by atoms with van der Waals surface area (Å²) in [5.41, 5.74) is 1.08. The molecule has 0 atom stereocenters. The van der Waals surface area contributed by atoms with Crippen LogP contribution in [0.3, 0.4) is 0 Å². The van der Waals surface area contributed by atoms with Crippen LogP contribution in [0, 0.1) is 0 Å². The topological polar surface area (TPSA) is 71.5 Å². The molecular formula is C18H27N5O2. The highest BCUT2D eigenvalue weighted by atomic mass is 16.5. The monoisotopic (exact) mass is 345 g/mol. The Labute approximate surface area is 149 Å². The molecule has 0 spiro atoms. The quantitative estimate of drug-likeness (QED) is 0.641. The minimum absolute atomic E-state index is 0.635. The fourth-order valence-corrected chi connectivity index (χ4v) is 2.32. The summed E-state index contributed by atoms with van der Waals surface area (Å²) in [6.45, 7) is 2.51. The zero-order chi connectivity index (χ0) is 18.1. The van der Waals surface area contributed by atoms with Crippen molar-refractivity contribution in [2.45, 2.75) is 13.0 Å². The van der Waals surface area contributed by atoms with Gasteiger partial charge in [-0.2, -0.15) is 4.98 Å². The van der Waals surface area contributed by atoms with Crippen LogP contribution in [0.4, 0.5) is 11.8 Å². The van der Waals surface area contributed by atoms with Crippen LogP contribution in [-0.4, -0.2) is 56.3 Å². The number of aromatic nitrogens is 2. The fraction of sp³-hybridized carbons (Fsp3) is 0.444. The number of hydrogen-bond acceptors (Lipinski definition) is 7. The average Bonchev–Trinajstić information content (AvgIpc) is 2.63. The van der Waals surface area contributed by atoms with Crippen LogP contribution in [0.25, 0.3) is 0 Å². The summed E-state index contributed by atoms with van der Waals surface area (Å²) in [6, 6.07) is 7.70. The van der Waals surface area contributed by atoms with E-state index in [1.807, 2.05) is 24.3 Å². The highest BCUT2D eigenvalue weighted by Crippen LogP contribution is 2.27. The van der Waals surface area contributed by atoms with Crippen LogP contribution in [0.15, 0.2) is 30.5 Å². The lowest BCUT2D eigenvalue weighted by molar-refractivity contribution is 0.354. The predicted molar refractivity (Wildman–Crippen MR) is 101 cm³/mol. The molecule has 2 rings (SSSR count). The van der Waals surface area contributed by atoms with Crippen LogP contribution in [-0.2, 0) is 6.54 Å². The van der Waals surface area contributed by atoms with Gasteiger partial charge in [0.05, 0.1) is 14.2 Å². The fourth-order valence-electron chi connectivity index (χ4n) is 2.32. The average molecular weight is 345 g/mol. The van der Waals surface area contributed by atoms with Gasteiger partial charge in [-0.15, -0.1) is 0 Å². The lowest BCUT2D eigenvalue weighted by atomic mass is 10.2. The molecule has 0 aliphatic heterocycles. The van der Waals surface area contributed by atoms with Crippen LogP contribution in [0.1, 0.15) is 12.0 Å². The lowest BCUT2D eigenvalue weighted by Crippen LogP contribution is -2.17. The molecule has 0 saturated carbocycles. The first-order chi connectivity index (χ1) is 12.1. The minimum Gasteiger partial charge on any atom is -0.493 e. The van der Waals surface area contributed by atoms with Gasteiger partial charge in [-0.1, -0.05) is 6.07 Å². The first-order valence-corrected chi connectivity index (χ1v) is 8.29. The van der Waals surface area contributed by atoms with Gasteiger partial charge in [0.25, 0.3) is 0 Å². The third-order valence-corrected chi connectivity index (χ3v) is 3.64. The van der Waals surface area contributed by atoms with Crippen molar-refractivity contribution in [1.29, 1.82) is 0 Å². The zero-order valence-corrected chi connectivity index (χ0v) is 15.4. The van der Waals surface area contributed by atoms with Crippen molar-refractivity contribution in [2.24, 2.45) is 0 Å². The number of rotatable bonds is 10. The van der Waals surface area contributed by atoms with Crippen molar-refractivity contribution in [3.63, 3.8) is 0 Å². The van der Waals surface area contributed by atoms with Crippen LogP contribution in [0.5, 0.6) is 11.5 Å². The van der Waals surface area contributed by atoms with E-state index >= 15 is 0 Å². The highest BCUT2D eigenvalue weighted by molar-refractivity contribution is 5.45. The molecule has 0 bridgehead atoms. The molecule has 2 N–H and O–H groups in total. The number of nitrogens with zero attached hydrogens (tertiary/aromatic N) is 3. The van der Waals surface area contributed by atoms with Gasteiger partial charge in [0.1, 0.15) is 5.82 Å². The second-order valence-electron chi connectivity index (χ2n) is 5.89. The van der Waals surface area contributed by atoms with Gasteiger partial charge < -0.3 is 25.0 Å². The summed E-state index contributed by atoms with van der Waals surface area (Å²) in [6.07, 6.45) is 2.79. The third-order valence-electron chi connectivity index (χ3n) is 3.64. The Morgan fingerprint density at radius 1 is 1.04 bits per heavy atom.